The van der Waals surface area contributed by atoms with E-state index in [9.17, 15) is 0 Å². The molecule has 2 aromatic carbocycles. The van der Waals surface area contributed by atoms with Crippen molar-refractivity contribution in [2.45, 2.75) is 25.4 Å². The van der Waals surface area contributed by atoms with Gasteiger partial charge < -0.3 is 9.26 Å². The molecule has 134 valence electrons. The van der Waals surface area contributed by atoms with Crippen LogP contribution in [0.2, 0.25) is 5.02 Å². The summed E-state index contributed by atoms with van der Waals surface area (Å²) in [6, 6.07) is 15.6. The molecule has 0 bridgehead atoms. The predicted octanol–water partition coefficient (Wildman–Crippen LogP) is 4.07. The van der Waals surface area contributed by atoms with Crippen LogP contribution in [-0.2, 0) is 0 Å². The van der Waals surface area contributed by atoms with E-state index in [1.807, 2.05) is 43.3 Å². The first-order valence-corrected chi connectivity index (χ1v) is 8.94. The van der Waals surface area contributed by atoms with Gasteiger partial charge in [-0.3, -0.25) is 0 Å². The van der Waals surface area contributed by atoms with Crippen molar-refractivity contribution < 1.29 is 9.26 Å². The van der Waals surface area contributed by atoms with E-state index in [0.717, 1.165) is 17.7 Å². The van der Waals surface area contributed by atoms with E-state index in [1.165, 1.54) is 5.56 Å². The molecule has 0 saturated carbocycles. The lowest BCUT2D eigenvalue weighted by molar-refractivity contribution is 0.339. The van der Waals surface area contributed by atoms with Crippen molar-refractivity contribution >= 4 is 11.6 Å². The van der Waals surface area contributed by atoms with Crippen LogP contribution < -0.4 is 15.6 Å². The van der Waals surface area contributed by atoms with Crippen molar-refractivity contribution in [3.05, 3.63) is 65.0 Å². The standard InChI is InChI=1S/C19H19ClN4O2/c1-2-25-15-8-6-12(7-9-15)16-11-17(23-22-16)19-21-18(24-26-19)13-4-3-5-14(20)10-13/h3-10,16-17,22-23H,2,11H2,1H3. The lowest BCUT2D eigenvalue weighted by atomic mass is 10.0. The van der Waals surface area contributed by atoms with Crippen molar-refractivity contribution in [1.29, 1.82) is 0 Å². The van der Waals surface area contributed by atoms with Crippen LogP contribution in [0.4, 0.5) is 0 Å². The van der Waals surface area contributed by atoms with E-state index in [-0.39, 0.29) is 12.1 Å². The third-order valence-corrected chi connectivity index (χ3v) is 4.55. The second-order valence-electron chi connectivity index (χ2n) is 6.10. The van der Waals surface area contributed by atoms with Gasteiger partial charge in [0.25, 0.3) is 0 Å². The lowest BCUT2D eigenvalue weighted by Crippen LogP contribution is -2.26. The Hall–Kier alpha value is -2.41. The minimum atomic E-state index is -0.0491. The van der Waals surface area contributed by atoms with Crippen LogP contribution in [0, 0.1) is 0 Å². The van der Waals surface area contributed by atoms with Gasteiger partial charge in [0, 0.05) is 16.6 Å². The average molecular weight is 371 g/mol. The number of hydrogen-bond donors (Lipinski definition) is 2. The number of hydrazine groups is 1. The lowest BCUT2D eigenvalue weighted by Gasteiger charge is -2.10. The summed E-state index contributed by atoms with van der Waals surface area (Å²) in [6.07, 6.45) is 0.811. The Bertz CT molecular complexity index is 881. The average Bonchev–Trinajstić information content (AvgIpc) is 3.32. The van der Waals surface area contributed by atoms with E-state index in [4.69, 9.17) is 20.9 Å². The molecule has 0 aliphatic carbocycles. The number of aromatic nitrogens is 2. The molecule has 26 heavy (non-hydrogen) atoms. The molecule has 1 aliphatic heterocycles. The molecule has 7 heteroatoms. The zero-order chi connectivity index (χ0) is 17.9. The molecule has 2 N–H and O–H groups in total. The van der Waals surface area contributed by atoms with Crippen LogP contribution in [-0.4, -0.2) is 16.7 Å². The highest BCUT2D eigenvalue weighted by Gasteiger charge is 2.30. The quantitative estimate of drug-likeness (QED) is 0.705. The van der Waals surface area contributed by atoms with Crippen LogP contribution in [0.1, 0.15) is 36.9 Å². The summed E-state index contributed by atoms with van der Waals surface area (Å²) in [6.45, 7) is 2.64. The Morgan fingerprint density at radius 2 is 1.96 bits per heavy atom. The van der Waals surface area contributed by atoms with E-state index in [0.29, 0.717) is 23.3 Å². The van der Waals surface area contributed by atoms with Gasteiger partial charge in [-0.05, 0) is 43.2 Å². The summed E-state index contributed by atoms with van der Waals surface area (Å²) in [7, 11) is 0. The summed E-state index contributed by atoms with van der Waals surface area (Å²) in [5, 5.41) is 4.72. The Kier molecular flexibility index (Phi) is 4.88. The first-order chi connectivity index (χ1) is 12.7. The van der Waals surface area contributed by atoms with Gasteiger partial charge in [0.15, 0.2) is 0 Å². The summed E-state index contributed by atoms with van der Waals surface area (Å²) < 4.78 is 10.9. The number of nitrogens with zero attached hydrogens (tertiary/aromatic N) is 2. The van der Waals surface area contributed by atoms with Gasteiger partial charge in [-0.15, -0.1) is 0 Å². The molecule has 6 nitrogen and oxygen atoms in total. The number of halogens is 1. The van der Waals surface area contributed by atoms with Crippen LogP contribution in [0.3, 0.4) is 0 Å². The maximum Gasteiger partial charge on any atom is 0.245 e. The number of rotatable bonds is 5. The first kappa shape index (κ1) is 17.0. The van der Waals surface area contributed by atoms with Crippen molar-refractivity contribution in [2.75, 3.05) is 6.61 Å². The van der Waals surface area contributed by atoms with Crippen LogP contribution in [0.25, 0.3) is 11.4 Å². The third-order valence-electron chi connectivity index (χ3n) is 4.32. The van der Waals surface area contributed by atoms with Gasteiger partial charge in [0.2, 0.25) is 11.7 Å². The second kappa shape index (κ2) is 7.45. The Labute approximate surface area is 156 Å². The van der Waals surface area contributed by atoms with E-state index in [2.05, 4.69) is 33.1 Å². The van der Waals surface area contributed by atoms with Crippen molar-refractivity contribution in [1.82, 2.24) is 21.0 Å². The molecule has 2 unspecified atom stereocenters. The molecule has 1 aliphatic rings. The molecule has 0 radical (unpaired) electrons. The molecule has 1 saturated heterocycles. The molecular weight excluding hydrogens is 352 g/mol. The Morgan fingerprint density at radius 1 is 1.15 bits per heavy atom. The fourth-order valence-electron chi connectivity index (χ4n) is 3.02. The number of hydrogen-bond acceptors (Lipinski definition) is 6. The highest BCUT2D eigenvalue weighted by molar-refractivity contribution is 6.30. The monoisotopic (exact) mass is 370 g/mol. The van der Waals surface area contributed by atoms with Gasteiger partial charge in [0.1, 0.15) is 11.8 Å². The zero-order valence-electron chi connectivity index (χ0n) is 14.3. The van der Waals surface area contributed by atoms with Crippen molar-refractivity contribution in [3.63, 3.8) is 0 Å². The fourth-order valence-corrected chi connectivity index (χ4v) is 3.21. The van der Waals surface area contributed by atoms with E-state index < -0.39 is 0 Å². The normalized spacial score (nSPS) is 19.6. The Morgan fingerprint density at radius 3 is 2.73 bits per heavy atom. The zero-order valence-corrected chi connectivity index (χ0v) is 15.0. The molecule has 0 spiro atoms. The van der Waals surface area contributed by atoms with Gasteiger partial charge >= 0.3 is 0 Å². The molecule has 2 atom stereocenters. The smallest absolute Gasteiger partial charge is 0.245 e. The van der Waals surface area contributed by atoms with Crippen LogP contribution >= 0.6 is 11.6 Å². The molecule has 0 amide bonds. The van der Waals surface area contributed by atoms with E-state index in [1.54, 1.807) is 0 Å². The maximum absolute atomic E-state index is 6.03. The number of nitrogens with one attached hydrogen (secondary N) is 2. The number of benzene rings is 2. The second-order valence-corrected chi connectivity index (χ2v) is 6.53. The maximum atomic E-state index is 6.03. The highest BCUT2D eigenvalue weighted by atomic mass is 35.5. The molecule has 1 fully saturated rings. The molecule has 4 rings (SSSR count). The molecular formula is C19H19ClN4O2. The summed E-state index contributed by atoms with van der Waals surface area (Å²) >= 11 is 6.03. The molecule has 1 aromatic heterocycles. The van der Waals surface area contributed by atoms with Crippen LogP contribution in [0.5, 0.6) is 5.75 Å². The molecule has 2 heterocycles. The summed E-state index contributed by atoms with van der Waals surface area (Å²) in [5.74, 6) is 1.97. The first-order valence-electron chi connectivity index (χ1n) is 8.56. The van der Waals surface area contributed by atoms with Gasteiger partial charge in [0.05, 0.1) is 6.61 Å². The highest BCUT2D eigenvalue weighted by Crippen LogP contribution is 2.31. The third kappa shape index (κ3) is 3.58. The minimum Gasteiger partial charge on any atom is -0.494 e. The van der Waals surface area contributed by atoms with Crippen molar-refractivity contribution in [2.24, 2.45) is 0 Å². The topological polar surface area (TPSA) is 72.2 Å². The summed E-state index contributed by atoms with van der Waals surface area (Å²) in [4.78, 5) is 4.51. The van der Waals surface area contributed by atoms with Gasteiger partial charge in [-0.2, -0.15) is 4.98 Å². The Balaban J connectivity index is 1.45. The minimum absolute atomic E-state index is 0.0491. The van der Waals surface area contributed by atoms with Gasteiger partial charge in [-0.1, -0.05) is 41.0 Å². The van der Waals surface area contributed by atoms with Crippen molar-refractivity contribution in [3.8, 4) is 17.1 Å². The predicted molar refractivity (Wildman–Crippen MR) is 98.7 cm³/mol. The van der Waals surface area contributed by atoms with E-state index >= 15 is 0 Å². The van der Waals surface area contributed by atoms with Gasteiger partial charge in [-0.25, -0.2) is 10.9 Å². The number of ether oxygens (including phenoxy) is 1. The van der Waals surface area contributed by atoms with Crippen LogP contribution in [0.15, 0.2) is 53.1 Å². The molecule has 3 aromatic rings. The largest absolute Gasteiger partial charge is 0.494 e. The summed E-state index contributed by atoms with van der Waals surface area (Å²) in [5.41, 5.74) is 8.54. The fraction of sp³-hybridized carbons (Fsp3) is 0.263. The SMILES string of the molecule is CCOc1ccc(C2CC(c3nc(-c4cccc(Cl)c4)no3)NN2)cc1.